The third kappa shape index (κ3) is 2.81. The van der Waals surface area contributed by atoms with Crippen LogP contribution in [0, 0.1) is 23.4 Å². The number of hydrogen-bond donors (Lipinski definition) is 0. The lowest BCUT2D eigenvalue weighted by atomic mass is 9.94. The van der Waals surface area contributed by atoms with E-state index in [0.29, 0.717) is 6.42 Å². The van der Waals surface area contributed by atoms with E-state index in [1.807, 2.05) is 4.90 Å². The van der Waals surface area contributed by atoms with Crippen LogP contribution >= 0.6 is 0 Å². The van der Waals surface area contributed by atoms with Crippen molar-refractivity contribution < 1.29 is 18.0 Å². The van der Waals surface area contributed by atoms with Crippen molar-refractivity contribution in [2.24, 2.45) is 5.92 Å². The standard InChI is InChI=1S/C20H18F3NO/c21-15-6-3-5-12(19-16(22)7-4-8-17(19)23)18(15)13-11-14(13)20(25)24-9-1-2-10-24/h3-8,13-14H,1-2,9-11H2/t13-,14-/m1/s1. The fourth-order valence-corrected chi connectivity index (χ4v) is 3.85. The molecule has 5 heteroatoms. The highest BCUT2D eigenvalue weighted by molar-refractivity contribution is 5.84. The molecule has 2 aliphatic rings. The predicted octanol–water partition coefficient (Wildman–Crippen LogP) is 4.50. The van der Waals surface area contributed by atoms with Crippen LogP contribution in [-0.2, 0) is 4.79 Å². The van der Waals surface area contributed by atoms with E-state index in [2.05, 4.69) is 0 Å². The lowest BCUT2D eigenvalue weighted by molar-refractivity contribution is -0.131. The molecular formula is C20H18F3NO. The van der Waals surface area contributed by atoms with Gasteiger partial charge in [0.2, 0.25) is 5.91 Å². The molecule has 4 rings (SSSR count). The van der Waals surface area contributed by atoms with Crippen LogP contribution in [0.1, 0.15) is 30.7 Å². The molecule has 1 aliphatic heterocycles. The molecule has 0 aromatic heterocycles. The number of benzene rings is 2. The van der Waals surface area contributed by atoms with Crippen molar-refractivity contribution >= 4 is 5.91 Å². The Morgan fingerprint density at radius 3 is 2.20 bits per heavy atom. The molecule has 0 N–H and O–H groups in total. The van der Waals surface area contributed by atoms with Crippen molar-refractivity contribution in [3.05, 3.63) is 59.4 Å². The Morgan fingerprint density at radius 1 is 0.920 bits per heavy atom. The molecule has 25 heavy (non-hydrogen) atoms. The molecule has 2 aromatic carbocycles. The van der Waals surface area contributed by atoms with Gasteiger partial charge in [0.05, 0.1) is 5.56 Å². The minimum absolute atomic E-state index is 0.0331. The van der Waals surface area contributed by atoms with E-state index in [1.54, 1.807) is 0 Å². The van der Waals surface area contributed by atoms with Crippen LogP contribution in [0.25, 0.3) is 11.1 Å². The Balaban J connectivity index is 1.71. The number of carbonyl (C=O) groups excluding carboxylic acids is 1. The summed E-state index contributed by atoms with van der Waals surface area (Å²) < 4.78 is 42.9. The van der Waals surface area contributed by atoms with Crippen molar-refractivity contribution in [3.63, 3.8) is 0 Å². The molecule has 2 aromatic rings. The SMILES string of the molecule is O=C([C@@H]1C[C@H]1c1c(F)cccc1-c1c(F)cccc1F)N1CCCC1. The van der Waals surface area contributed by atoms with Gasteiger partial charge in [-0.15, -0.1) is 0 Å². The van der Waals surface area contributed by atoms with Gasteiger partial charge >= 0.3 is 0 Å². The number of carbonyl (C=O) groups is 1. The minimum atomic E-state index is -0.727. The molecule has 2 fully saturated rings. The summed E-state index contributed by atoms with van der Waals surface area (Å²) in [6.45, 7) is 1.49. The summed E-state index contributed by atoms with van der Waals surface area (Å²) >= 11 is 0. The van der Waals surface area contributed by atoms with Crippen LogP contribution in [0.15, 0.2) is 36.4 Å². The highest BCUT2D eigenvalue weighted by Crippen LogP contribution is 2.52. The van der Waals surface area contributed by atoms with E-state index in [-0.39, 0.29) is 34.4 Å². The van der Waals surface area contributed by atoms with Gasteiger partial charge in [-0.1, -0.05) is 18.2 Å². The Morgan fingerprint density at radius 2 is 1.52 bits per heavy atom. The highest BCUT2D eigenvalue weighted by Gasteiger charge is 2.48. The van der Waals surface area contributed by atoms with Gasteiger partial charge in [-0.2, -0.15) is 0 Å². The Hall–Kier alpha value is -2.30. The minimum Gasteiger partial charge on any atom is -0.342 e. The third-order valence-corrected chi connectivity index (χ3v) is 5.18. The fourth-order valence-electron chi connectivity index (χ4n) is 3.85. The maximum atomic E-state index is 14.5. The van der Waals surface area contributed by atoms with Gasteiger partial charge < -0.3 is 4.90 Å². The summed E-state index contributed by atoms with van der Waals surface area (Å²) in [6.07, 6.45) is 2.52. The number of rotatable bonds is 3. The fraction of sp³-hybridized carbons (Fsp3) is 0.350. The van der Waals surface area contributed by atoms with Crippen molar-refractivity contribution in [3.8, 4) is 11.1 Å². The van der Waals surface area contributed by atoms with Gasteiger partial charge in [0.1, 0.15) is 17.5 Å². The van der Waals surface area contributed by atoms with Crippen LogP contribution in [0.4, 0.5) is 13.2 Å². The van der Waals surface area contributed by atoms with Gasteiger partial charge in [-0.25, -0.2) is 13.2 Å². The van der Waals surface area contributed by atoms with Crippen LogP contribution in [0.2, 0.25) is 0 Å². The Bertz CT molecular complexity index is 809. The lowest BCUT2D eigenvalue weighted by Gasteiger charge is -2.16. The first-order valence-corrected chi connectivity index (χ1v) is 8.59. The third-order valence-electron chi connectivity index (χ3n) is 5.18. The van der Waals surface area contributed by atoms with Crippen LogP contribution in [-0.4, -0.2) is 23.9 Å². The molecule has 1 amide bonds. The largest absolute Gasteiger partial charge is 0.342 e. The normalized spacial score (nSPS) is 22.3. The maximum absolute atomic E-state index is 14.5. The van der Waals surface area contributed by atoms with Crippen LogP contribution < -0.4 is 0 Å². The molecule has 1 saturated heterocycles. The second kappa shape index (κ2) is 6.21. The number of hydrogen-bond acceptors (Lipinski definition) is 1. The summed E-state index contributed by atoms with van der Waals surface area (Å²) in [5, 5.41) is 0. The molecule has 0 spiro atoms. The zero-order valence-electron chi connectivity index (χ0n) is 13.6. The van der Waals surface area contributed by atoms with Crippen molar-refractivity contribution in [1.82, 2.24) is 4.90 Å². The average Bonchev–Trinajstić information content (AvgIpc) is 3.16. The number of likely N-dealkylation sites (tertiary alicyclic amines) is 1. The van der Waals surface area contributed by atoms with E-state index in [0.717, 1.165) is 38.1 Å². The summed E-state index contributed by atoms with van der Waals surface area (Å²) in [5.74, 6) is -2.54. The molecule has 1 heterocycles. The first-order valence-electron chi connectivity index (χ1n) is 8.59. The second-order valence-corrected chi connectivity index (χ2v) is 6.78. The van der Waals surface area contributed by atoms with Gasteiger partial charge in [0, 0.05) is 19.0 Å². The maximum Gasteiger partial charge on any atom is 0.226 e. The Kier molecular flexibility index (Phi) is 4.02. The zero-order valence-corrected chi connectivity index (χ0v) is 13.6. The van der Waals surface area contributed by atoms with Gasteiger partial charge in [-0.3, -0.25) is 4.79 Å². The average molecular weight is 345 g/mol. The number of amides is 1. The van der Waals surface area contributed by atoms with Crippen molar-refractivity contribution in [1.29, 1.82) is 0 Å². The summed E-state index contributed by atoms with van der Waals surface area (Å²) in [7, 11) is 0. The van der Waals surface area contributed by atoms with Gasteiger partial charge in [-0.05, 0) is 54.5 Å². The van der Waals surface area contributed by atoms with E-state index in [1.165, 1.54) is 24.3 Å². The molecule has 1 saturated carbocycles. The molecule has 0 unspecified atom stereocenters. The summed E-state index contributed by atoms with van der Waals surface area (Å²) in [6, 6.07) is 7.85. The van der Waals surface area contributed by atoms with E-state index >= 15 is 0 Å². The monoisotopic (exact) mass is 345 g/mol. The zero-order chi connectivity index (χ0) is 17.6. The first kappa shape index (κ1) is 16.2. The summed E-state index contributed by atoms with van der Waals surface area (Å²) in [4.78, 5) is 14.4. The number of nitrogens with zero attached hydrogens (tertiary/aromatic N) is 1. The van der Waals surface area contributed by atoms with E-state index < -0.39 is 17.5 Å². The molecule has 2 atom stereocenters. The van der Waals surface area contributed by atoms with Crippen LogP contribution in [0.5, 0.6) is 0 Å². The molecule has 0 bridgehead atoms. The first-order chi connectivity index (χ1) is 12.1. The molecule has 1 aliphatic carbocycles. The van der Waals surface area contributed by atoms with Crippen molar-refractivity contribution in [2.45, 2.75) is 25.2 Å². The van der Waals surface area contributed by atoms with E-state index in [4.69, 9.17) is 0 Å². The predicted molar refractivity (Wildman–Crippen MR) is 88.4 cm³/mol. The van der Waals surface area contributed by atoms with Crippen LogP contribution in [0.3, 0.4) is 0 Å². The van der Waals surface area contributed by atoms with Gasteiger partial charge in [0.15, 0.2) is 0 Å². The molecule has 2 nitrogen and oxygen atoms in total. The Labute approximate surface area is 144 Å². The quantitative estimate of drug-likeness (QED) is 0.802. The lowest BCUT2D eigenvalue weighted by Crippen LogP contribution is -2.29. The molecule has 0 radical (unpaired) electrons. The molecular weight excluding hydrogens is 327 g/mol. The smallest absolute Gasteiger partial charge is 0.226 e. The van der Waals surface area contributed by atoms with E-state index in [9.17, 15) is 18.0 Å². The summed E-state index contributed by atoms with van der Waals surface area (Å²) in [5.41, 5.74) is 0.234. The second-order valence-electron chi connectivity index (χ2n) is 6.78. The van der Waals surface area contributed by atoms with Gasteiger partial charge in [0.25, 0.3) is 0 Å². The molecule has 130 valence electrons. The highest BCUT2D eigenvalue weighted by atomic mass is 19.1. The topological polar surface area (TPSA) is 20.3 Å². The number of halogens is 3. The van der Waals surface area contributed by atoms with Crippen molar-refractivity contribution in [2.75, 3.05) is 13.1 Å².